The standard InChI is InChI=1S/C10H14ClN3O2/c11-3-1-2-10(15-4-5-16-10)8-6-13-14-7-9(8)12/h6-7H,1-5H2,(H2,12,13). The number of alkyl halides is 1. The second kappa shape index (κ2) is 4.95. The van der Waals surface area contributed by atoms with Gasteiger partial charge in [0, 0.05) is 12.3 Å². The van der Waals surface area contributed by atoms with Crippen molar-refractivity contribution in [3.8, 4) is 0 Å². The maximum absolute atomic E-state index is 5.86. The van der Waals surface area contributed by atoms with E-state index in [1.165, 1.54) is 6.20 Å². The first-order valence-corrected chi connectivity index (χ1v) is 5.72. The Bertz CT molecular complexity index is 356. The van der Waals surface area contributed by atoms with Crippen molar-refractivity contribution < 1.29 is 9.47 Å². The molecule has 0 aliphatic carbocycles. The Morgan fingerprint density at radius 3 is 2.62 bits per heavy atom. The number of hydrogen-bond donors (Lipinski definition) is 1. The minimum Gasteiger partial charge on any atom is -0.397 e. The van der Waals surface area contributed by atoms with Crippen LogP contribution in [0.3, 0.4) is 0 Å². The molecule has 1 saturated heterocycles. The lowest BCUT2D eigenvalue weighted by Gasteiger charge is -2.28. The van der Waals surface area contributed by atoms with Crippen LogP contribution in [0.15, 0.2) is 12.4 Å². The second-order valence-electron chi connectivity index (χ2n) is 3.60. The van der Waals surface area contributed by atoms with Gasteiger partial charge < -0.3 is 15.2 Å². The summed E-state index contributed by atoms with van der Waals surface area (Å²) >= 11 is 5.70. The fourth-order valence-corrected chi connectivity index (χ4v) is 1.97. The minimum absolute atomic E-state index is 0.534. The first kappa shape index (κ1) is 11.6. The molecule has 1 aliphatic heterocycles. The zero-order valence-electron chi connectivity index (χ0n) is 8.86. The molecule has 88 valence electrons. The van der Waals surface area contributed by atoms with Crippen molar-refractivity contribution >= 4 is 17.3 Å². The lowest BCUT2D eigenvalue weighted by Crippen LogP contribution is -2.28. The Morgan fingerprint density at radius 1 is 1.31 bits per heavy atom. The summed E-state index contributed by atoms with van der Waals surface area (Å²) in [7, 11) is 0. The number of aromatic nitrogens is 2. The SMILES string of the molecule is Nc1cnncc1C1(CCCCl)OCCO1. The summed E-state index contributed by atoms with van der Waals surface area (Å²) < 4.78 is 11.4. The van der Waals surface area contributed by atoms with E-state index >= 15 is 0 Å². The zero-order chi connectivity index (χ0) is 11.4. The van der Waals surface area contributed by atoms with E-state index in [4.69, 9.17) is 26.8 Å². The van der Waals surface area contributed by atoms with E-state index in [-0.39, 0.29) is 0 Å². The molecule has 0 atom stereocenters. The summed E-state index contributed by atoms with van der Waals surface area (Å²) in [6.45, 7) is 1.12. The molecule has 0 spiro atoms. The summed E-state index contributed by atoms with van der Waals surface area (Å²) in [6, 6.07) is 0. The largest absolute Gasteiger partial charge is 0.397 e. The molecule has 2 N–H and O–H groups in total. The first-order chi connectivity index (χ1) is 7.78. The van der Waals surface area contributed by atoms with Gasteiger partial charge in [-0.1, -0.05) is 0 Å². The van der Waals surface area contributed by atoms with Gasteiger partial charge >= 0.3 is 0 Å². The van der Waals surface area contributed by atoms with E-state index in [1.54, 1.807) is 6.20 Å². The molecule has 2 rings (SSSR count). The van der Waals surface area contributed by atoms with Gasteiger partial charge in [-0.3, -0.25) is 0 Å². The molecule has 0 amide bonds. The number of anilines is 1. The maximum atomic E-state index is 5.86. The quantitative estimate of drug-likeness (QED) is 0.807. The van der Waals surface area contributed by atoms with E-state index < -0.39 is 5.79 Å². The Balaban J connectivity index is 2.28. The second-order valence-corrected chi connectivity index (χ2v) is 3.98. The number of rotatable bonds is 4. The minimum atomic E-state index is -0.783. The van der Waals surface area contributed by atoms with Crippen molar-refractivity contribution in [3.05, 3.63) is 18.0 Å². The number of nitrogen functional groups attached to an aromatic ring is 1. The average Bonchev–Trinajstić information content (AvgIpc) is 2.77. The number of nitrogens with zero attached hydrogens (tertiary/aromatic N) is 2. The van der Waals surface area contributed by atoms with Crippen LogP contribution in [0, 0.1) is 0 Å². The molecule has 1 aromatic rings. The van der Waals surface area contributed by atoms with Crippen LogP contribution in [0.2, 0.25) is 0 Å². The number of nitrogens with two attached hydrogens (primary N) is 1. The predicted molar refractivity (Wildman–Crippen MR) is 60.0 cm³/mol. The van der Waals surface area contributed by atoms with Crippen LogP contribution in [0.1, 0.15) is 18.4 Å². The van der Waals surface area contributed by atoms with Crippen molar-refractivity contribution in [2.75, 3.05) is 24.8 Å². The number of hydrogen-bond acceptors (Lipinski definition) is 5. The highest BCUT2D eigenvalue weighted by atomic mass is 35.5. The smallest absolute Gasteiger partial charge is 0.198 e. The molecule has 5 nitrogen and oxygen atoms in total. The summed E-state index contributed by atoms with van der Waals surface area (Å²) in [4.78, 5) is 0. The normalized spacial score (nSPS) is 18.8. The van der Waals surface area contributed by atoms with Crippen molar-refractivity contribution in [3.63, 3.8) is 0 Å². The fourth-order valence-electron chi connectivity index (χ4n) is 1.84. The van der Waals surface area contributed by atoms with E-state index in [0.717, 1.165) is 12.0 Å². The molecule has 0 unspecified atom stereocenters. The molecular weight excluding hydrogens is 230 g/mol. The lowest BCUT2D eigenvalue weighted by molar-refractivity contribution is -0.170. The number of ether oxygens (including phenoxy) is 2. The van der Waals surface area contributed by atoms with Gasteiger partial charge in [0.2, 0.25) is 0 Å². The Kier molecular flexibility index (Phi) is 3.58. The Labute approximate surface area is 98.9 Å². The molecule has 2 heterocycles. The summed E-state index contributed by atoms with van der Waals surface area (Å²) in [5.74, 6) is -0.220. The van der Waals surface area contributed by atoms with Crippen LogP contribution in [0.4, 0.5) is 5.69 Å². The molecule has 1 fully saturated rings. The van der Waals surface area contributed by atoms with Gasteiger partial charge in [-0.25, -0.2) is 0 Å². The van der Waals surface area contributed by atoms with Gasteiger partial charge in [-0.15, -0.1) is 11.6 Å². The Hall–Kier alpha value is -0.910. The van der Waals surface area contributed by atoms with Gasteiger partial charge in [-0.05, 0) is 6.42 Å². The van der Waals surface area contributed by atoms with Crippen LogP contribution in [-0.4, -0.2) is 29.3 Å². The van der Waals surface area contributed by atoms with Crippen molar-refractivity contribution in [1.29, 1.82) is 0 Å². The van der Waals surface area contributed by atoms with E-state index in [0.29, 0.717) is 31.2 Å². The molecule has 0 radical (unpaired) electrons. The molecule has 1 aliphatic rings. The molecular formula is C10H14ClN3O2. The molecule has 0 bridgehead atoms. The molecule has 6 heteroatoms. The van der Waals surface area contributed by atoms with Crippen LogP contribution < -0.4 is 5.73 Å². The highest BCUT2D eigenvalue weighted by Crippen LogP contribution is 2.38. The summed E-state index contributed by atoms with van der Waals surface area (Å²) in [5.41, 5.74) is 7.14. The average molecular weight is 244 g/mol. The molecule has 0 aromatic carbocycles. The van der Waals surface area contributed by atoms with Crippen LogP contribution in [-0.2, 0) is 15.3 Å². The van der Waals surface area contributed by atoms with Crippen LogP contribution in [0.25, 0.3) is 0 Å². The first-order valence-electron chi connectivity index (χ1n) is 5.19. The van der Waals surface area contributed by atoms with Gasteiger partial charge in [0.25, 0.3) is 0 Å². The van der Waals surface area contributed by atoms with Crippen LogP contribution in [0.5, 0.6) is 0 Å². The predicted octanol–water partition coefficient (Wildman–Crippen LogP) is 1.28. The van der Waals surface area contributed by atoms with Crippen molar-refractivity contribution in [1.82, 2.24) is 10.2 Å². The van der Waals surface area contributed by atoms with Gasteiger partial charge in [0.15, 0.2) is 5.79 Å². The molecule has 1 aromatic heterocycles. The van der Waals surface area contributed by atoms with Gasteiger partial charge in [-0.2, -0.15) is 10.2 Å². The summed E-state index contributed by atoms with van der Waals surface area (Å²) in [5, 5.41) is 7.54. The van der Waals surface area contributed by atoms with E-state index in [9.17, 15) is 0 Å². The Morgan fingerprint density at radius 2 is 2.00 bits per heavy atom. The zero-order valence-corrected chi connectivity index (χ0v) is 9.61. The third-order valence-electron chi connectivity index (χ3n) is 2.56. The van der Waals surface area contributed by atoms with Gasteiger partial charge in [0.1, 0.15) is 0 Å². The van der Waals surface area contributed by atoms with Crippen molar-refractivity contribution in [2.24, 2.45) is 0 Å². The molecule has 0 saturated carbocycles. The molecule has 16 heavy (non-hydrogen) atoms. The monoisotopic (exact) mass is 243 g/mol. The maximum Gasteiger partial charge on any atom is 0.198 e. The third-order valence-corrected chi connectivity index (χ3v) is 2.83. The van der Waals surface area contributed by atoms with Gasteiger partial charge in [0.05, 0.1) is 36.9 Å². The lowest BCUT2D eigenvalue weighted by atomic mass is 10.0. The third kappa shape index (κ3) is 2.11. The van der Waals surface area contributed by atoms with E-state index in [1.807, 2.05) is 0 Å². The topological polar surface area (TPSA) is 70.3 Å². The van der Waals surface area contributed by atoms with Crippen molar-refractivity contribution in [2.45, 2.75) is 18.6 Å². The number of halogens is 1. The highest BCUT2D eigenvalue weighted by Gasteiger charge is 2.39. The van der Waals surface area contributed by atoms with Crippen LogP contribution >= 0.6 is 11.6 Å². The summed E-state index contributed by atoms with van der Waals surface area (Å²) in [6.07, 6.45) is 4.56. The fraction of sp³-hybridized carbons (Fsp3) is 0.600. The highest BCUT2D eigenvalue weighted by molar-refractivity contribution is 6.17. The van der Waals surface area contributed by atoms with E-state index in [2.05, 4.69) is 10.2 Å².